The first kappa shape index (κ1) is 12.8. The number of likely N-dealkylation sites (tertiary alicyclic amines) is 1. The van der Waals surface area contributed by atoms with Crippen LogP contribution < -0.4 is 5.32 Å². The first-order chi connectivity index (χ1) is 8.18. The minimum absolute atomic E-state index is 0.212. The molecule has 2 saturated heterocycles. The molecule has 2 rings (SSSR count). The lowest BCUT2D eigenvalue weighted by atomic mass is 9.90. The van der Waals surface area contributed by atoms with Crippen molar-refractivity contribution >= 4 is 5.91 Å². The summed E-state index contributed by atoms with van der Waals surface area (Å²) in [4.78, 5) is 14.3. The van der Waals surface area contributed by atoms with Gasteiger partial charge in [0.05, 0.1) is 6.10 Å². The van der Waals surface area contributed by atoms with Gasteiger partial charge in [-0.25, -0.2) is 0 Å². The van der Waals surface area contributed by atoms with E-state index in [0.717, 1.165) is 51.9 Å². The van der Waals surface area contributed by atoms with Crippen LogP contribution in [0.15, 0.2) is 0 Å². The second kappa shape index (κ2) is 5.83. The lowest BCUT2D eigenvalue weighted by Crippen LogP contribution is -2.47. The maximum atomic E-state index is 12.3. The van der Waals surface area contributed by atoms with Crippen LogP contribution in [0.3, 0.4) is 0 Å². The lowest BCUT2D eigenvalue weighted by Gasteiger charge is -2.37. The van der Waals surface area contributed by atoms with Crippen molar-refractivity contribution in [3.8, 4) is 0 Å². The predicted octanol–water partition coefficient (Wildman–Crippen LogP) is 0.605. The molecule has 0 spiro atoms. The SMILES string of the molecule is C[C@H](O)[C@@H]1CCCN(C(=O)C2CCNCC2)C1. The van der Waals surface area contributed by atoms with Crippen molar-refractivity contribution in [3.05, 3.63) is 0 Å². The molecular formula is C13H24N2O2. The van der Waals surface area contributed by atoms with Gasteiger partial charge in [0.2, 0.25) is 5.91 Å². The van der Waals surface area contributed by atoms with E-state index in [9.17, 15) is 9.90 Å². The monoisotopic (exact) mass is 240 g/mol. The number of hydrogen-bond donors (Lipinski definition) is 2. The minimum Gasteiger partial charge on any atom is -0.393 e. The van der Waals surface area contributed by atoms with Gasteiger partial charge in [0.1, 0.15) is 0 Å². The summed E-state index contributed by atoms with van der Waals surface area (Å²) in [5.41, 5.74) is 0. The number of aliphatic hydroxyl groups is 1. The number of nitrogens with one attached hydrogen (secondary N) is 1. The lowest BCUT2D eigenvalue weighted by molar-refractivity contribution is -0.139. The Hall–Kier alpha value is -0.610. The maximum absolute atomic E-state index is 12.3. The highest BCUT2D eigenvalue weighted by Gasteiger charge is 2.30. The van der Waals surface area contributed by atoms with Gasteiger partial charge in [0.15, 0.2) is 0 Å². The molecule has 0 aromatic carbocycles. The number of carbonyl (C=O) groups is 1. The summed E-state index contributed by atoms with van der Waals surface area (Å²) in [7, 11) is 0. The molecule has 2 atom stereocenters. The van der Waals surface area contributed by atoms with Crippen LogP contribution in [0.1, 0.15) is 32.6 Å². The number of aliphatic hydroxyl groups excluding tert-OH is 1. The average molecular weight is 240 g/mol. The normalized spacial score (nSPS) is 29.1. The molecule has 4 heteroatoms. The summed E-state index contributed by atoms with van der Waals surface area (Å²) >= 11 is 0. The van der Waals surface area contributed by atoms with Crippen LogP contribution in [0.2, 0.25) is 0 Å². The zero-order valence-electron chi connectivity index (χ0n) is 10.7. The van der Waals surface area contributed by atoms with E-state index in [1.807, 2.05) is 11.8 Å². The Balaban J connectivity index is 1.89. The van der Waals surface area contributed by atoms with E-state index < -0.39 is 0 Å². The third-order valence-corrected chi connectivity index (χ3v) is 4.14. The third-order valence-electron chi connectivity index (χ3n) is 4.14. The van der Waals surface area contributed by atoms with E-state index in [0.29, 0.717) is 5.91 Å². The molecule has 0 aliphatic carbocycles. The number of amides is 1. The highest BCUT2D eigenvalue weighted by atomic mass is 16.3. The molecule has 0 aromatic rings. The topological polar surface area (TPSA) is 52.6 Å². The van der Waals surface area contributed by atoms with E-state index in [-0.39, 0.29) is 17.9 Å². The fourth-order valence-electron chi connectivity index (χ4n) is 2.93. The highest BCUT2D eigenvalue weighted by molar-refractivity contribution is 5.79. The van der Waals surface area contributed by atoms with E-state index in [1.54, 1.807) is 0 Å². The molecule has 2 fully saturated rings. The molecule has 2 heterocycles. The van der Waals surface area contributed by atoms with E-state index in [1.165, 1.54) is 0 Å². The van der Waals surface area contributed by atoms with Crippen LogP contribution in [-0.2, 0) is 4.79 Å². The highest BCUT2D eigenvalue weighted by Crippen LogP contribution is 2.23. The molecule has 0 aromatic heterocycles. The summed E-state index contributed by atoms with van der Waals surface area (Å²) in [6.07, 6.45) is 3.72. The van der Waals surface area contributed by atoms with Gasteiger partial charge in [-0.2, -0.15) is 0 Å². The van der Waals surface area contributed by atoms with Crippen molar-refractivity contribution in [1.29, 1.82) is 0 Å². The number of carbonyl (C=O) groups excluding carboxylic acids is 1. The number of piperidine rings is 2. The third kappa shape index (κ3) is 3.19. The molecule has 98 valence electrons. The van der Waals surface area contributed by atoms with Crippen LogP contribution in [-0.4, -0.2) is 48.2 Å². The van der Waals surface area contributed by atoms with Gasteiger partial charge >= 0.3 is 0 Å². The van der Waals surface area contributed by atoms with Crippen molar-refractivity contribution in [3.63, 3.8) is 0 Å². The molecule has 0 bridgehead atoms. The Kier molecular flexibility index (Phi) is 4.40. The van der Waals surface area contributed by atoms with Crippen molar-refractivity contribution < 1.29 is 9.90 Å². The average Bonchev–Trinajstić information content (AvgIpc) is 2.39. The summed E-state index contributed by atoms with van der Waals surface area (Å²) in [6.45, 7) is 5.39. The van der Waals surface area contributed by atoms with E-state index in [2.05, 4.69) is 5.32 Å². The Morgan fingerprint density at radius 1 is 1.35 bits per heavy atom. The maximum Gasteiger partial charge on any atom is 0.225 e. The molecule has 2 N–H and O–H groups in total. The largest absolute Gasteiger partial charge is 0.393 e. The zero-order valence-corrected chi connectivity index (χ0v) is 10.7. The van der Waals surface area contributed by atoms with Gasteiger partial charge in [0, 0.05) is 24.9 Å². The number of hydrogen-bond acceptors (Lipinski definition) is 3. The zero-order chi connectivity index (χ0) is 12.3. The molecule has 1 amide bonds. The van der Waals surface area contributed by atoms with Gasteiger partial charge in [-0.3, -0.25) is 4.79 Å². The molecule has 0 saturated carbocycles. The fraction of sp³-hybridized carbons (Fsp3) is 0.923. The first-order valence-corrected chi connectivity index (χ1v) is 6.86. The molecule has 2 aliphatic rings. The van der Waals surface area contributed by atoms with Crippen LogP contribution in [0, 0.1) is 11.8 Å². The smallest absolute Gasteiger partial charge is 0.225 e. The van der Waals surface area contributed by atoms with Gasteiger partial charge in [-0.15, -0.1) is 0 Å². The van der Waals surface area contributed by atoms with E-state index in [4.69, 9.17) is 0 Å². The summed E-state index contributed by atoms with van der Waals surface area (Å²) in [6, 6.07) is 0. The van der Waals surface area contributed by atoms with Crippen molar-refractivity contribution in [2.45, 2.75) is 38.7 Å². The van der Waals surface area contributed by atoms with Crippen molar-refractivity contribution in [2.24, 2.45) is 11.8 Å². The number of rotatable bonds is 2. The Morgan fingerprint density at radius 2 is 2.06 bits per heavy atom. The molecule has 0 radical (unpaired) electrons. The Bertz CT molecular complexity index is 262. The van der Waals surface area contributed by atoms with Crippen LogP contribution in [0.4, 0.5) is 0 Å². The predicted molar refractivity (Wildman–Crippen MR) is 66.6 cm³/mol. The van der Waals surface area contributed by atoms with Gasteiger partial charge in [-0.05, 0) is 45.7 Å². The first-order valence-electron chi connectivity index (χ1n) is 6.86. The Labute approximate surface area is 103 Å². The van der Waals surface area contributed by atoms with Crippen molar-refractivity contribution in [1.82, 2.24) is 10.2 Å². The molecular weight excluding hydrogens is 216 g/mol. The Morgan fingerprint density at radius 3 is 2.71 bits per heavy atom. The molecule has 2 aliphatic heterocycles. The van der Waals surface area contributed by atoms with Crippen LogP contribution in [0.25, 0.3) is 0 Å². The van der Waals surface area contributed by atoms with Crippen LogP contribution in [0.5, 0.6) is 0 Å². The summed E-state index contributed by atoms with van der Waals surface area (Å²) in [5, 5.41) is 12.9. The van der Waals surface area contributed by atoms with Gasteiger partial charge in [-0.1, -0.05) is 0 Å². The fourth-order valence-corrected chi connectivity index (χ4v) is 2.93. The van der Waals surface area contributed by atoms with E-state index >= 15 is 0 Å². The molecule has 4 nitrogen and oxygen atoms in total. The molecule has 17 heavy (non-hydrogen) atoms. The number of nitrogens with zero attached hydrogens (tertiary/aromatic N) is 1. The second-order valence-electron chi connectivity index (χ2n) is 5.45. The van der Waals surface area contributed by atoms with Gasteiger partial charge < -0.3 is 15.3 Å². The second-order valence-corrected chi connectivity index (χ2v) is 5.45. The van der Waals surface area contributed by atoms with Gasteiger partial charge in [0.25, 0.3) is 0 Å². The standard InChI is InChI=1S/C13H24N2O2/c1-10(16)12-3-2-8-15(9-12)13(17)11-4-6-14-7-5-11/h10-12,14,16H,2-9H2,1H3/t10-,12+/m0/s1. The van der Waals surface area contributed by atoms with Crippen molar-refractivity contribution in [2.75, 3.05) is 26.2 Å². The quantitative estimate of drug-likeness (QED) is 0.743. The summed E-state index contributed by atoms with van der Waals surface area (Å²) < 4.78 is 0. The van der Waals surface area contributed by atoms with Crippen LogP contribution >= 0.6 is 0 Å². The minimum atomic E-state index is -0.293. The molecule has 0 unspecified atom stereocenters. The summed E-state index contributed by atoms with van der Waals surface area (Å²) in [5.74, 6) is 0.801.